The lowest BCUT2D eigenvalue weighted by Gasteiger charge is -2.26. The summed E-state index contributed by atoms with van der Waals surface area (Å²) in [5.74, 6) is -0.408. The number of benzene rings is 1. The summed E-state index contributed by atoms with van der Waals surface area (Å²) >= 11 is 0. The van der Waals surface area contributed by atoms with Gasteiger partial charge in [-0.1, -0.05) is 44.0 Å². The van der Waals surface area contributed by atoms with Gasteiger partial charge < -0.3 is 10.6 Å². The van der Waals surface area contributed by atoms with E-state index in [1.165, 1.54) is 0 Å². The predicted molar refractivity (Wildman–Crippen MR) is 84.4 cm³/mol. The summed E-state index contributed by atoms with van der Waals surface area (Å²) in [6.45, 7) is 4.37. The minimum atomic E-state index is -0.408. The number of carbonyl (C=O) groups is 1. The number of hydrogen-bond donors (Lipinski definition) is 1. The highest BCUT2D eigenvalue weighted by Crippen LogP contribution is 2.35. The maximum Gasteiger partial charge on any atom is 0.248 e. The van der Waals surface area contributed by atoms with Crippen molar-refractivity contribution in [2.75, 3.05) is 0 Å². The molecule has 0 saturated carbocycles. The molecule has 1 unspecified atom stereocenters. The largest absolute Gasteiger partial charge is 0.389 e. The van der Waals surface area contributed by atoms with Gasteiger partial charge in [0.05, 0.1) is 5.71 Å². The Morgan fingerprint density at radius 3 is 2.52 bits per heavy atom. The lowest BCUT2D eigenvalue weighted by molar-refractivity contribution is -0.0334. The summed E-state index contributed by atoms with van der Waals surface area (Å²) in [6.07, 6.45) is 6.33. The van der Waals surface area contributed by atoms with Crippen molar-refractivity contribution in [2.24, 2.45) is 10.9 Å². The molecule has 0 aliphatic carbocycles. The minimum absolute atomic E-state index is 0.136. The molecule has 2 N–H and O–H groups in total. The van der Waals surface area contributed by atoms with Crippen LogP contribution in [0.2, 0.25) is 0 Å². The van der Waals surface area contributed by atoms with E-state index < -0.39 is 5.91 Å². The highest BCUT2D eigenvalue weighted by molar-refractivity contribution is 6.02. The van der Waals surface area contributed by atoms with Gasteiger partial charge in [-0.3, -0.25) is 4.79 Å². The first-order valence-electron chi connectivity index (χ1n) is 7.75. The Balaban J connectivity index is 2.10. The third kappa shape index (κ3) is 3.63. The van der Waals surface area contributed by atoms with Crippen LogP contribution in [0, 0.1) is 0 Å². The molecule has 2 rings (SSSR count). The van der Waals surface area contributed by atoms with Gasteiger partial charge >= 0.3 is 0 Å². The molecule has 0 bridgehead atoms. The van der Waals surface area contributed by atoms with Gasteiger partial charge in [0.1, 0.15) is 5.60 Å². The molecule has 0 aromatic heterocycles. The molecule has 1 heterocycles. The number of nitrogens with two attached hydrogens (primary N) is 1. The molecule has 4 nitrogen and oxygen atoms in total. The highest BCUT2D eigenvalue weighted by atomic mass is 16.7. The van der Waals surface area contributed by atoms with Gasteiger partial charge in [0.15, 0.2) is 0 Å². The van der Waals surface area contributed by atoms with Crippen LogP contribution in [-0.2, 0) is 4.84 Å². The van der Waals surface area contributed by atoms with Crippen LogP contribution in [0.25, 0.3) is 0 Å². The molecule has 1 aliphatic heterocycles. The van der Waals surface area contributed by atoms with Crippen LogP contribution in [0.4, 0.5) is 0 Å². The van der Waals surface area contributed by atoms with Gasteiger partial charge in [0.2, 0.25) is 5.91 Å². The number of primary amides is 1. The summed E-state index contributed by atoms with van der Waals surface area (Å²) in [4.78, 5) is 16.9. The lowest BCUT2D eigenvalue weighted by Crippen LogP contribution is -2.29. The molecule has 0 radical (unpaired) electrons. The molecule has 114 valence electrons. The van der Waals surface area contributed by atoms with Crippen molar-refractivity contribution in [2.45, 2.75) is 58.0 Å². The second kappa shape index (κ2) is 6.74. The number of unbranched alkanes of at least 4 members (excludes halogenated alkanes) is 1. The van der Waals surface area contributed by atoms with Crippen LogP contribution < -0.4 is 5.73 Å². The molecule has 1 atom stereocenters. The zero-order chi connectivity index (χ0) is 15.3. The number of hydrogen-bond acceptors (Lipinski definition) is 3. The summed E-state index contributed by atoms with van der Waals surface area (Å²) in [7, 11) is 0. The van der Waals surface area contributed by atoms with E-state index in [9.17, 15) is 4.79 Å². The van der Waals surface area contributed by atoms with Gasteiger partial charge in [-0.2, -0.15) is 0 Å². The van der Waals surface area contributed by atoms with E-state index in [4.69, 9.17) is 10.6 Å². The SMILES string of the molecule is CCCCC1(CCC)CC(c2ccc(C(N)=O)cc2)=NO1. The third-order valence-electron chi connectivity index (χ3n) is 4.03. The second-order valence-corrected chi connectivity index (χ2v) is 5.78. The molecule has 0 fully saturated rings. The summed E-state index contributed by atoms with van der Waals surface area (Å²) in [5, 5.41) is 4.31. The first-order chi connectivity index (χ1) is 10.1. The van der Waals surface area contributed by atoms with Crippen LogP contribution in [0.1, 0.15) is 68.3 Å². The maximum absolute atomic E-state index is 11.1. The normalized spacial score (nSPS) is 21.0. The van der Waals surface area contributed by atoms with Gasteiger partial charge in [0, 0.05) is 12.0 Å². The van der Waals surface area contributed by atoms with E-state index in [2.05, 4.69) is 19.0 Å². The standard InChI is InChI=1S/C17H24N2O2/c1-3-5-11-17(10-4-2)12-15(19-21-17)13-6-8-14(9-7-13)16(18)20/h6-9H,3-5,10-12H2,1-2H3,(H2,18,20). The van der Waals surface area contributed by atoms with Crippen molar-refractivity contribution in [1.29, 1.82) is 0 Å². The molecule has 1 aromatic rings. The van der Waals surface area contributed by atoms with E-state index >= 15 is 0 Å². The summed E-state index contributed by atoms with van der Waals surface area (Å²) < 4.78 is 0. The zero-order valence-electron chi connectivity index (χ0n) is 12.9. The van der Waals surface area contributed by atoms with Gasteiger partial charge in [-0.25, -0.2) is 0 Å². The van der Waals surface area contributed by atoms with E-state index in [1.807, 2.05) is 12.1 Å². The average Bonchev–Trinajstić information content (AvgIpc) is 2.90. The Morgan fingerprint density at radius 1 is 1.24 bits per heavy atom. The Hall–Kier alpha value is -1.84. The molecule has 0 saturated heterocycles. The molecule has 1 aliphatic rings. The number of oxime groups is 1. The van der Waals surface area contributed by atoms with Crippen molar-refractivity contribution in [3.63, 3.8) is 0 Å². The van der Waals surface area contributed by atoms with Crippen molar-refractivity contribution in [3.05, 3.63) is 35.4 Å². The van der Waals surface area contributed by atoms with Gasteiger partial charge in [0.25, 0.3) is 0 Å². The van der Waals surface area contributed by atoms with Gasteiger partial charge in [-0.05, 0) is 37.0 Å². The van der Waals surface area contributed by atoms with Gasteiger partial charge in [-0.15, -0.1) is 0 Å². The smallest absolute Gasteiger partial charge is 0.248 e. The number of carbonyl (C=O) groups excluding carboxylic acids is 1. The molecule has 0 spiro atoms. The van der Waals surface area contributed by atoms with E-state index in [-0.39, 0.29) is 5.60 Å². The van der Waals surface area contributed by atoms with Crippen molar-refractivity contribution in [3.8, 4) is 0 Å². The van der Waals surface area contributed by atoms with E-state index in [1.54, 1.807) is 12.1 Å². The first-order valence-corrected chi connectivity index (χ1v) is 7.75. The lowest BCUT2D eigenvalue weighted by atomic mass is 9.85. The monoisotopic (exact) mass is 288 g/mol. The summed E-state index contributed by atoms with van der Waals surface area (Å²) in [5.41, 5.74) is 7.62. The maximum atomic E-state index is 11.1. The minimum Gasteiger partial charge on any atom is -0.389 e. The Kier molecular flexibility index (Phi) is 4.99. The van der Waals surface area contributed by atoms with Crippen LogP contribution in [-0.4, -0.2) is 17.2 Å². The fourth-order valence-corrected chi connectivity index (χ4v) is 2.85. The number of nitrogens with zero attached hydrogens (tertiary/aromatic N) is 1. The average molecular weight is 288 g/mol. The number of rotatable bonds is 7. The van der Waals surface area contributed by atoms with Crippen LogP contribution in [0.5, 0.6) is 0 Å². The molecular formula is C17H24N2O2. The fourth-order valence-electron chi connectivity index (χ4n) is 2.85. The van der Waals surface area contributed by atoms with E-state index in [0.29, 0.717) is 5.56 Å². The molecule has 4 heteroatoms. The fraction of sp³-hybridized carbons (Fsp3) is 0.529. The van der Waals surface area contributed by atoms with Crippen LogP contribution in [0.15, 0.2) is 29.4 Å². The van der Waals surface area contributed by atoms with Crippen LogP contribution in [0.3, 0.4) is 0 Å². The topological polar surface area (TPSA) is 64.7 Å². The van der Waals surface area contributed by atoms with Crippen LogP contribution >= 0.6 is 0 Å². The highest BCUT2D eigenvalue weighted by Gasteiger charge is 2.37. The molecule has 1 aromatic carbocycles. The number of amides is 1. The molecule has 21 heavy (non-hydrogen) atoms. The summed E-state index contributed by atoms with van der Waals surface area (Å²) in [6, 6.07) is 7.27. The Labute approximate surface area is 126 Å². The quantitative estimate of drug-likeness (QED) is 0.832. The zero-order valence-corrected chi connectivity index (χ0v) is 12.9. The van der Waals surface area contributed by atoms with E-state index in [0.717, 1.165) is 49.8 Å². The predicted octanol–water partition coefficient (Wildman–Crippen LogP) is 3.64. The Morgan fingerprint density at radius 2 is 1.95 bits per heavy atom. The second-order valence-electron chi connectivity index (χ2n) is 5.78. The van der Waals surface area contributed by atoms with Crippen molar-refractivity contribution >= 4 is 11.6 Å². The Bertz CT molecular complexity index is 522. The third-order valence-corrected chi connectivity index (χ3v) is 4.03. The first kappa shape index (κ1) is 15.5. The molecular weight excluding hydrogens is 264 g/mol. The van der Waals surface area contributed by atoms with Crippen molar-refractivity contribution < 1.29 is 9.63 Å². The molecule has 1 amide bonds. The van der Waals surface area contributed by atoms with Crippen molar-refractivity contribution in [1.82, 2.24) is 0 Å².